The molecule has 1 heterocycles. The monoisotopic (exact) mass is 214 g/mol. The van der Waals surface area contributed by atoms with Crippen LogP contribution in [0.1, 0.15) is 6.92 Å². The molecule has 0 saturated heterocycles. The Kier molecular flexibility index (Phi) is 2.59. The predicted octanol–water partition coefficient (Wildman–Crippen LogP) is 1.80. The first-order valence-electron chi connectivity index (χ1n) is 3.08. The topological polar surface area (TPSA) is 42.0 Å². The molecule has 0 fully saturated rings. The van der Waals surface area contributed by atoms with Crippen LogP contribution in [0.4, 0.5) is 5.69 Å². The van der Waals surface area contributed by atoms with E-state index in [0.717, 1.165) is 0 Å². The first-order valence-corrected chi connectivity index (χ1v) is 3.87. The summed E-state index contributed by atoms with van der Waals surface area (Å²) in [7, 11) is 0. The second-order valence-electron chi connectivity index (χ2n) is 2.02. The number of pyridine rings is 1. The van der Waals surface area contributed by atoms with E-state index in [4.69, 9.17) is 0 Å². The average Bonchev–Trinajstić information content (AvgIpc) is 1.93. The normalized spacial score (nSPS) is 9.27. The van der Waals surface area contributed by atoms with Gasteiger partial charge in [0.2, 0.25) is 5.91 Å². The van der Waals surface area contributed by atoms with E-state index in [1.165, 1.54) is 6.92 Å². The summed E-state index contributed by atoms with van der Waals surface area (Å²) in [6, 6.07) is 3.54. The fourth-order valence-corrected chi connectivity index (χ4v) is 1.02. The molecular formula is C7H7BrN2O. The zero-order valence-corrected chi connectivity index (χ0v) is 7.55. The molecule has 1 aromatic rings. The Hall–Kier alpha value is -0.900. The van der Waals surface area contributed by atoms with Gasteiger partial charge in [0, 0.05) is 13.1 Å². The summed E-state index contributed by atoms with van der Waals surface area (Å²) < 4.78 is 0.648. The Bertz CT molecular complexity index is 275. The Labute approximate surface area is 73.0 Å². The van der Waals surface area contributed by atoms with Gasteiger partial charge in [0.25, 0.3) is 0 Å². The number of carbonyl (C=O) groups is 1. The van der Waals surface area contributed by atoms with Gasteiger partial charge >= 0.3 is 0 Å². The van der Waals surface area contributed by atoms with Crippen molar-refractivity contribution in [3.63, 3.8) is 0 Å². The number of aromatic nitrogens is 1. The molecule has 1 amide bonds. The highest BCUT2D eigenvalue weighted by Crippen LogP contribution is 2.17. The van der Waals surface area contributed by atoms with Gasteiger partial charge in [-0.05, 0) is 28.1 Å². The van der Waals surface area contributed by atoms with Gasteiger partial charge in [0.1, 0.15) is 4.60 Å². The van der Waals surface area contributed by atoms with Crippen molar-refractivity contribution < 1.29 is 4.79 Å². The highest BCUT2D eigenvalue weighted by atomic mass is 79.9. The minimum absolute atomic E-state index is 0.0984. The van der Waals surface area contributed by atoms with Crippen LogP contribution >= 0.6 is 15.9 Å². The largest absolute Gasteiger partial charge is 0.324 e. The molecule has 1 aromatic heterocycles. The lowest BCUT2D eigenvalue weighted by atomic mass is 10.4. The van der Waals surface area contributed by atoms with Crippen LogP contribution in [0.15, 0.2) is 22.9 Å². The molecule has 1 N–H and O–H groups in total. The Morgan fingerprint density at radius 3 is 3.00 bits per heavy atom. The zero-order chi connectivity index (χ0) is 8.27. The summed E-state index contributed by atoms with van der Waals surface area (Å²) in [6.45, 7) is 1.46. The van der Waals surface area contributed by atoms with Gasteiger partial charge in [-0.25, -0.2) is 4.98 Å². The molecule has 0 aliphatic heterocycles. The molecular weight excluding hydrogens is 208 g/mol. The van der Waals surface area contributed by atoms with Crippen LogP contribution in [0.3, 0.4) is 0 Å². The van der Waals surface area contributed by atoms with E-state index >= 15 is 0 Å². The van der Waals surface area contributed by atoms with Crippen LogP contribution in [0.2, 0.25) is 0 Å². The average molecular weight is 215 g/mol. The van der Waals surface area contributed by atoms with Crippen molar-refractivity contribution >= 4 is 27.5 Å². The molecule has 0 bridgehead atoms. The summed E-state index contributed by atoms with van der Waals surface area (Å²) in [5.41, 5.74) is 0.694. The minimum Gasteiger partial charge on any atom is -0.324 e. The predicted molar refractivity (Wildman–Crippen MR) is 46.2 cm³/mol. The van der Waals surface area contributed by atoms with Crippen LogP contribution in [0.25, 0.3) is 0 Å². The summed E-state index contributed by atoms with van der Waals surface area (Å²) in [6.07, 6.45) is 1.65. The Morgan fingerprint density at radius 1 is 1.73 bits per heavy atom. The van der Waals surface area contributed by atoms with E-state index in [1.54, 1.807) is 18.3 Å². The maximum absolute atomic E-state index is 10.6. The molecule has 4 heteroatoms. The molecule has 11 heavy (non-hydrogen) atoms. The zero-order valence-electron chi connectivity index (χ0n) is 5.97. The molecule has 0 aliphatic rings. The van der Waals surface area contributed by atoms with Crippen LogP contribution in [-0.2, 0) is 4.79 Å². The number of halogens is 1. The molecule has 0 atom stereocenters. The summed E-state index contributed by atoms with van der Waals surface area (Å²) in [5, 5.41) is 2.62. The second-order valence-corrected chi connectivity index (χ2v) is 2.77. The van der Waals surface area contributed by atoms with Crippen molar-refractivity contribution in [2.75, 3.05) is 5.32 Å². The van der Waals surface area contributed by atoms with Crippen molar-refractivity contribution in [3.05, 3.63) is 22.9 Å². The third kappa shape index (κ3) is 2.31. The van der Waals surface area contributed by atoms with Gasteiger partial charge in [-0.1, -0.05) is 0 Å². The molecule has 0 aromatic carbocycles. The van der Waals surface area contributed by atoms with Crippen molar-refractivity contribution in [3.8, 4) is 0 Å². The lowest BCUT2D eigenvalue weighted by Crippen LogP contribution is -2.06. The molecule has 0 unspecified atom stereocenters. The van der Waals surface area contributed by atoms with E-state index in [-0.39, 0.29) is 5.91 Å². The Morgan fingerprint density at radius 2 is 2.45 bits per heavy atom. The van der Waals surface area contributed by atoms with Gasteiger partial charge < -0.3 is 5.32 Å². The number of rotatable bonds is 1. The maximum atomic E-state index is 10.6. The van der Waals surface area contributed by atoms with Crippen molar-refractivity contribution in [1.29, 1.82) is 0 Å². The number of nitrogens with one attached hydrogen (secondary N) is 1. The summed E-state index contributed by atoms with van der Waals surface area (Å²) in [4.78, 5) is 14.5. The third-order valence-electron chi connectivity index (χ3n) is 1.07. The van der Waals surface area contributed by atoms with E-state index in [0.29, 0.717) is 10.3 Å². The van der Waals surface area contributed by atoms with Crippen LogP contribution in [0.5, 0.6) is 0 Å². The standard InChI is InChI=1S/C7H7BrN2O/c1-5(11)10-6-3-2-4-9-7(6)8/h2-4H,1H3,(H,10,11). The molecule has 1 rings (SSSR count). The number of anilines is 1. The maximum Gasteiger partial charge on any atom is 0.221 e. The quantitative estimate of drug-likeness (QED) is 0.725. The SMILES string of the molecule is CC(=O)Nc1cccnc1Br. The van der Waals surface area contributed by atoms with Crippen molar-refractivity contribution in [2.45, 2.75) is 6.92 Å². The van der Waals surface area contributed by atoms with E-state index in [9.17, 15) is 4.79 Å². The summed E-state index contributed by atoms with van der Waals surface area (Å²) >= 11 is 3.20. The first-order chi connectivity index (χ1) is 5.20. The molecule has 0 aliphatic carbocycles. The molecule has 0 spiro atoms. The van der Waals surface area contributed by atoms with E-state index in [2.05, 4.69) is 26.2 Å². The van der Waals surface area contributed by atoms with Gasteiger partial charge in [0.05, 0.1) is 5.69 Å². The summed E-state index contributed by atoms with van der Waals surface area (Å²) in [5.74, 6) is -0.0984. The number of carbonyl (C=O) groups excluding carboxylic acids is 1. The van der Waals surface area contributed by atoms with Crippen LogP contribution in [0, 0.1) is 0 Å². The van der Waals surface area contributed by atoms with E-state index in [1.807, 2.05) is 0 Å². The molecule has 0 radical (unpaired) electrons. The third-order valence-corrected chi connectivity index (χ3v) is 1.70. The van der Waals surface area contributed by atoms with Crippen LogP contribution < -0.4 is 5.32 Å². The van der Waals surface area contributed by atoms with Crippen molar-refractivity contribution in [2.24, 2.45) is 0 Å². The fraction of sp³-hybridized carbons (Fsp3) is 0.143. The van der Waals surface area contributed by atoms with Gasteiger partial charge in [-0.2, -0.15) is 0 Å². The lowest BCUT2D eigenvalue weighted by molar-refractivity contribution is -0.114. The lowest BCUT2D eigenvalue weighted by Gasteiger charge is -2.01. The fourth-order valence-electron chi connectivity index (χ4n) is 0.669. The van der Waals surface area contributed by atoms with Gasteiger partial charge in [-0.15, -0.1) is 0 Å². The van der Waals surface area contributed by atoms with Gasteiger partial charge in [0.15, 0.2) is 0 Å². The number of hydrogen-bond donors (Lipinski definition) is 1. The number of hydrogen-bond acceptors (Lipinski definition) is 2. The highest BCUT2D eigenvalue weighted by molar-refractivity contribution is 9.10. The van der Waals surface area contributed by atoms with Crippen molar-refractivity contribution in [1.82, 2.24) is 4.98 Å². The number of nitrogens with zero attached hydrogens (tertiary/aromatic N) is 1. The number of amides is 1. The Balaban J connectivity index is 2.86. The first kappa shape index (κ1) is 8.20. The second kappa shape index (κ2) is 3.48. The molecule has 58 valence electrons. The smallest absolute Gasteiger partial charge is 0.221 e. The molecule has 3 nitrogen and oxygen atoms in total. The van der Waals surface area contributed by atoms with Gasteiger partial charge in [-0.3, -0.25) is 4.79 Å². The molecule has 0 saturated carbocycles. The van der Waals surface area contributed by atoms with Crippen LogP contribution in [-0.4, -0.2) is 10.9 Å². The minimum atomic E-state index is -0.0984. The highest BCUT2D eigenvalue weighted by Gasteiger charge is 1.99. The van der Waals surface area contributed by atoms with E-state index < -0.39 is 0 Å².